The summed E-state index contributed by atoms with van der Waals surface area (Å²) in [5, 5.41) is 3.23. The molecule has 0 aliphatic heterocycles. The van der Waals surface area contributed by atoms with Gasteiger partial charge < -0.3 is 15.0 Å². The maximum atomic E-state index is 11.8. The topological polar surface area (TPSA) is 41.6 Å². The van der Waals surface area contributed by atoms with Crippen molar-refractivity contribution in [2.24, 2.45) is 0 Å². The van der Waals surface area contributed by atoms with Crippen molar-refractivity contribution in [1.29, 1.82) is 0 Å². The Hall–Kier alpha value is -0.610. The van der Waals surface area contributed by atoms with Gasteiger partial charge in [0.15, 0.2) is 0 Å². The number of ether oxygens (including phenoxy) is 1. The van der Waals surface area contributed by atoms with Crippen LogP contribution in [0.3, 0.4) is 0 Å². The summed E-state index contributed by atoms with van der Waals surface area (Å²) in [6.45, 7) is 8.90. The lowest BCUT2D eigenvalue weighted by atomic mass is 9.97. The van der Waals surface area contributed by atoms with Crippen LogP contribution in [-0.2, 0) is 9.53 Å². The molecule has 0 rings (SSSR count). The molecular formula is C14H30N2O2. The molecule has 0 aromatic rings. The molecule has 1 unspecified atom stereocenters. The van der Waals surface area contributed by atoms with E-state index >= 15 is 0 Å². The highest BCUT2D eigenvalue weighted by Crippen LogP contribution is 2.12. The second-order valence-electron chi connectivity index (χ2n) is 5.11. The minimum Gasteiger partial charge on any atom is -0.468 e. The van der Waals surface area contributed by atoms with E-state index in [2.05, 4.69) is 24.2 Å². The molecule has 4 heteroatoms. The van der Waals surface area contributed by atoms with Crippen molar-refractivity contribution in [3.63, 3.8) is 0 Å². The van der Waals surface area contributed by atoms with Gasteiger partial charge in [-0.1, -0.05) is 26.7 Å². The highest BCUT2D eigenvalue weighted by molar-refractivity contribution is 5.80. The molecule has 108 valence electrons. The summed E-state index contributed by atoms with van der Waals surface area (Å²) in [6, 6.07) is 0. The van der Waals surface area contributed by atoms with Gasteiger partial charge >= 0.3 is 5.97 Å². The first-order valence-corrected chi connectivity index (χ1v) is 7.02. The Bertz CT molecular complexity index is 234. The SMILES string of the molecule is CCCCCN(C)CCC(C)(NCC)C(=O)OC. The van der Waals surface area contributed by atoms with Crippen molar-refractivity contribution < 1.29 is 9.53 Å². The van der Waals surface area contributed by atoms with E-state index in [1.807, 2.05) is 13.8 Å². The minimum atomic E-state index is -0.567. The van der Waals surface area contributed by atoms with Crippen LogP contribution in [0.15, 0.2) is 0 Å². The van der Waals surface area contributed by atoms with E-state index in [0.29, 0.717) is 0 Å². The van der Waals surface area contributed by atoms with Crippen molar-refractivity contribution >= 4 is 5.97 Å². The van der Waals surface area contributed by atoms with Gasteiger partial charge in [0.1, 0.15) is 5.54 Å². The maximum absolute atomic E-state index is 11.8. The van der Waals surface area contributed by atoms with Crippen LogP contribution in [0.1, 0.15) is 46.5 Å². The Balaban J connectivity index is 4.14. The Morgan fingerprint density at radius 3 is 2.44 bits per heavy atom. The van der Waals surface area contributed by atoms with Crippen LogP contribution in [0.2, 0.25) is 0 Å². The Morgan fingerprint density at radius 1 is 1.28 bits per heavy atom. The molecule has 0 aliphatic rings. The van der Waals surface area contributed by atoms with Crippen LogP contribution in [0, 0.1) is 0 Å². The largest absolute Gasteiger partial charge is 0.468 e. The number of esters is 1. The normalized spacial score (nSPS) is 14.6. The monoisotopic (exact) mass is 258 g/mol. The summed E-state index contributed by atoms with van der Waals surface area (Å²) in [7, 11) is 3.56. The van der Waals surface area contributed by atoms with E-state index in [9.17, 15) is 4.79 Å². The second kappa shape index (κ2) is 9.34. The molecule has 0 saturated heterocycles. The molecule has 0 amide bonds. The third-order valence-electron chi connectivity index (χ3n) is 3.34. The van der Waals surface area contributed by atoms with Gasteiger partial charge in [-0.15, -0.1) is 0 Å². The zero-order valence-corrected chi connectivity index (χ0v) is 12.7. The van der Waals surface area contributed by atoms with Crippen LogP contribution in [0.25, 0.3) is 0 Å². The summed E-state index contributed by atoms with van der Waals surface area (Å²) in [6.07, 6.45) is 4.51. The van der Waals surface area contributed by atoms with E-state index in [4.69, 9.17) is 4.74 Å². The lowest BCUT2D eigenvalue weighted by Crippen LogP contribution is -2.51. The quantitative estimate of drug-likeness (QED) is 0.481. The second-order valence-corrected chi connectivity index (χ2v) is 5.11. The Labute approximate surface area is 112 Å². The predicted octanol–water partition coefficient (Wildman–Crippen LogP) is 2.04. The molecule has 0 heterocycles. The fraction of sp³-hybridized carbons (Fsp3) is 0.929. The minimum absolute atomic E-state index is 0.175. The van der Waals surface area contributed by atoms with Crippen molar-refractivity contribution in [2.45, 2.75) is 52.0 Å². The molecule has 0 aromatic heterocycles. The van der Waals surface area contributed by atoms with Gasteiger partial charge in [-0.25, -0.2) is 0 Å². The average Bonchev–Trinajstić information content (AvgIpc) is 2.36. The molecule has 4 nitrogen and oxygen atoms in total. The number of carbonyl (C=O) groups is 1. The number of carbonyl (C=O) groups excluding carboxylic acids is 1. The fourth-order valence-corrected chi connectivity index (χ4v) is 2.04. The van der Waals surface area contributed by atoms with E-state index in [1.54, 1.807) is 0 Å². The number of likely N-dealkylation sites (N-methyl/N-ethyl adjacent to an activating group) is 1. The van der Waals surface area contributed by atoms with Crippen molar-refractivity contribution in [2.75, 3.05) is 33.8 Å². The summed E-state index contributed by atoms with van der Waals surface area (Å²) < 4.78 is 4.88. The Morgan fingerprint density at radius 2 is 1.94 bits per heavy atom. The fourth-order valence-electron chi connectivity index (χ4n) is 2.04. The predicted molar refractivity (Wildman–Crippen MR) is 75.7 cm³/mol. The van der Waals surface area contributed by atoms with Crippen LogP contribution >= 0.6 is 0 Å². The van der Waals surface area contributed by atoms with Gasteiger partial charge in [0, 0.05) is 6.54 Å². The van der Waals surface area contributed by atoms with E-state index in [-0.39, 0.29) is 5.97 Å². The first-order valence-electron chi connectivity index (χ1n) is 7.02. The Kier molecular flexibility index (Phi) is 9.02. The van der Waals surface area contributed by atoms with Gasteiger partial charge in [0.2, 0.25) is 0 Å². The van der Waals surface area contributed by atoms with Crippen LogP contribution < -0.4 is 5.32 Å². The average molecular weight is 258 g/mol. The summed E-state index contributed by atoms with van der Waals surface area (Å²) in [5.74, 6) is -0.175. The first kappa shape index (κ1) is 17.4. The zero-order valence-electron chi connectivity index (χ0n) is 12.7. The summed E-state index contributed by atoms with van der Waals surface area (Å²) in [4.78, 5) is 14.1. The van der Waals surface area contributed by atoms with Crippen LogP contribution in [0.5, 0.6) is 0 Å². The third kappa shape index (κ3) is 6.36. The number of hydrogen-bond acceptors (Lipinski definition) is 4. The maximum Gasteiger partial charge on any atom is 0.325 e. The van der Waals surface area contributed by atoms with Gasteiger partial charge in [0.25, 0.3) is 0 Å². The number of rotatable bonds is 10. The summed E-state index contributed by atoms with van der Waals surface area (Å²) >= 11 is 0. The van der Waals surface area contributed by atoms with Crippen molar-refractivity contribution in [1.82, 2.24) is 10.2 Å². The molecule has 0 aromatic carbocycles. The molecular weight excluding hydrogens is 228 g/mol. The molecule has 0 spiro atoms. The lowest BCUT2D eigenvalue weighted by molar-refractivity contribution is -0.148. The molecule has 0 radical (unpaired) electrons. The van der Waals surface area contributed by atoms with Crippen molar-refractivity contribution in [3.8, 4) is 0 Å². The van der Waals surface area contributed by atoms with E-state index in [0.717, 1.165) is 26.1 Å². The molecule has 1 N–H and O–H groups in total. The third-order valence-corrected chi connectivity index (χ3v) is 3.34. The molecule has 0 saturated carbocycles. The standard InChI is InChI=1S/C14H30N2O2/c1-6-8-9-11-16(4)12-10-14(3,15-7-2)13(17)18-5/h15H,6-12H2,1-5H3. The molecule has 0 aliphatic carbocycles. The first-order chi connectivity index (χ1) is 8.50. The highest BCUT2D eigenvalue weighted by atomic mass is 16.5. The molecule has 1 atom stereocenters. The number of hydrogen-bond donors (Lipinski definition) is 1. The van der Waals surface area contributed by atoms with E-state index in [1.165, 1.54) is 26.4 Å². The molecule has 0 fully saturated rings. The van der Waals surface area contributed by atoms with Gasteiger partial charge in [0.05, 0.1) is 7.11 Å². The summed E-state index contributed by atoms with van der Waals surface area (Å²) in [5.41, 5.74) is -0.567. The molecule has 18 heavy (non-hydrogen) atoms. The van der Waals surface area contributed by atoms with Gasteiger partial charge in [-0.3, -0.25) is 4.79 Å². The highest BCUT2D eigenvalue weighted by Gasteiger charge is 2.33. The van der Waals surface area contributed by atoms with Crippen LogP contribution in [0.4, 0.5) is 0 Å². The lowest BCUT2D eigenvalue weighted by Gasteiger charge is -2.29. The molecule has 0 bridgehead atoms. The van der Waals surface area contributed by atoms with Crippen LogP contribution in [-0.4, -0.2) is 50.2 Å². The van der Waals surface area contributed by atoms with Gasteiger partial charge in [-0.05, 0) is 39.9 Å². The number of nitrogens with zero attached hydrogens (tertiary/aromatic N) is 1. The van der Waals surface area contributed by atoms with Gasteiger partial charge in [-0.2, -0.15) is 0 Å². The number of methoxy groups -OCH3 is 1. The number of unbranched alkanes of at least 4 members (excludes halogenated alkanes) is 2. The smallest absolute Gasteiger partial charge is 0.325 e. The van der Waals surface area contributed by atoms with Crippen molar-refractivity contribution in [3.05, 3.63) is 0 Å². The zero-order chi connectivity index (χ0) is 14.0. The van der Waals surface area contributed by atoms with E-state index < -0.39 is 5.54 Å². The number of nitrogens with one attached hydrogen (secondary N) is 1.